The molecule has 1 aromatic rings. The molecule has 7 nitrogen and oxygen atoms in total. The molecule has 0 aromatic heterocycles. The summed E-state index contributed by atoms with van der Waals surface area (Å²) in [6.45, 7) is 3.76. The zero-order valence-electron chi connectivity index (χ0n) is 12.4. The van der Waals surface area contributed by atoms with Crippen molar-refractivity contribution in [3.63, 3.8) is 0 Å². The van der Waals surface area contributed by atoms with Gasteiger partial charge in [0.15, 0.2) is 17.1 Å². The highest BCUT2D eigenvalue weighted by Gasteiger charge is 2.22. The summed E-state index contributed by atoms with van der Waals surface area (Å²) in [7, 11) is 0. The first-order chi connectivity index (χ1) is 10.7. The standard InChI is InChI=1S/C15H17NO6/c1-3-19-14(17)10(15(18)20-4-2)8-16-11-6-5-7-12-13(11)22-9-21-12/h5-8,16H,3-4,9H2,1-2H3. The Morgan fingerprint density at radius 2 is 1.86 bits per heavy atom. The third-order valence-corrected chi connectivity index (χ3v) is 2.76. The minimum atomic E-state index is -0.752. The van der Waals surface area contributed by atoms with E-state index in [-0.39, 0.29) is 25.6 Å². The van der Waals surface area contributed by atoms with E-state index in [1.165, 1.54) is 6.20 Å². The third-order valence-electron chi connectivity index (χ3n) is 2.76. The Labute approximate surface area is 127 Å². The van der Waals surface area contributed by atoms with Crippen LogP contribution in [0.3, 0.4) is 0 Å². The molecule has 7 heteroatoms. The number of hydrogen-bond donors (Lipinski definition) is 1. The Morgan fingerprint density at radius 1 is 1.18 bits per heavy atom. The highest BCUT2D eigenvalue weighted by Crippen LogP contribution is 2.38. The van der Waals surface area contributed by atoms with Gasteiger partial charge in [-0.3, -0.25) is 0 Å². The topological polar surface area (TPSA) is 83.1 Å². The molecule has 0 atom stereocenters. The number of rotatable bonds is 6. The number of carbonyl (C=O) groups excluding carboxylic acids is 2. The van der Waals surface area contributed by atoms with Crippen molar-refractivity contribution in [3.8, 4) is 11.5 Å². The molecular formula is C15H17NO6. The summed E-state index contributed by atoms with van der Waals surface area (Å²) in [5, 5.41) is 2.86. The van der Waals surface area contributed by atoms with Gasteiger partial charge in [0.25, 0.3) is 0 Å². The molecule has 1 N–H and O–H groups in total. The van der Waals surface area contributed by atoms with Crippen molar-refractivity contribution >= 4 is 17.6 Å². The number of hydrogen-bond acceptors (Lipinski definition) is 7. The Hall–Kier alpha value is -2.70. The van der Waals surface area contributed by atoms with Crippen LogP contribution in [-0.2, 0) is 19.1 Å². The molecule has 1 heterocycles. The molecule has 0 radical (unpaired) electrons. The summed E-state index contributed by atoms with van der Waals surface area (Å²) in [5.74, 6) is -0.394. The first-order valence-electron chi connectivity index (χ1n) is 6.87. The van der Waals surface area contributed by atoms with Crippen LogP contribution < -0.4 is 14.8 Å². The summed E-state index contributed by atoms with van der Waals surface area (Å²) < 4.78 is 20.3. The second kappa shape index (κ2) is 7.35. The van der Waals surface area contributed by atoms with Crippen LogP contribution in [0.15, 0.2) is 30.0 Å². The predicted octanol–water partition coefficient (Wildman–Crippen LogP) is 1.84. The molecule has 118 valence electrons. The molecule has 1 aliphatic heterocycles. The van der Waals surface area contributed by atoms with Crippen molar-refractivity contribution in [2.45, 2.75) is 13.8 Å². The average Bonchev–Trinajstić information content (AvgIpc) is 2.97. The summed E-state index contributed by atoms with van der Waals surface area (Å²) in [6, 6.07) is 5.25. The summed E-state index contributed by atoms with van der Waals surface area (Å²) in [5.41, 5.74) is 0.348. The van der Waals surface area contributed by atoms with Gasteiger partial charge in [-0.25, -0.2) is 9.59 Å². The van der Waals surface area contributed by atoms with Crippen LogP contribution in [0.25, 0.3) is 0 Å². The normalized spacial score (nSPS) is 11.5. The molecule has 1 aliphatic rings. The van der Waals surface area contributed by atoms with Gasteiger partial charge in [-0.2, -0.15) is 0 Å². The second-order valence-corrected chi connectivity index (χ2v) is 4.18. The molecule has 22 heavy (non-hydrogen) atoms. The van der Waals surface area contributed by atoms with Crippen molar-refractivity contribution in [2.24, 2.45) is 0 Å². The van der Waals surface area contributed by atoms with Gasteiger partial charge in [0.05, 0.1) is 18.9 Å². The van der Waals surface area contributed by atoms with E-state index >= 15 is 0 Å². The van der Waals surface area contributed by atoms with E-state index in [1.54, 1.807) is 32.0 Å². The van der Waals surface area contributed by atoms with E-state index in [9.17, 15) is 9.59 Å². The van der Waals surface area contributed by atoms with E-state index in [2.05, 4.69) is 5.32 Å². The fraction of sp³-hybridized carbons (Fsp3) is 0.333. The number of ether oxygens (including phenoxy) is 4. The molecule has 2 rings (SSSR count). The molecule has 1 aromatic carbocycles. The van der Waals surface area contributed by atoms with Gasteiger partial charge in [-0.05, 0) is 26.0 Å². The van der Waals surface area contributed by atoms with Crippen LogP contribution in [0.5, 0.6) is 11.5 Å². The summed E-state index contributed by atoms with van der Waals surface area (Å²) >= 11 is 0. The maximum absolute atomic E-state index is 11.8. The summed E-state index contributed by atoms with van der Waals surface area (Å²) in [6.07, 6.45) is 1.24. The van der Waals surface area contributed by atoms with Crippen LogP contribution in [0.2, 0.25) is 0 Å². The number of fused-ring (bicyclic) bond motifs is 1. The zero-order chi connectivity index (χ0) is 15.9. The fourth-order valence-electron chi connectivity index (χ4n) is 1.81. The van der Waals surface area contributed by atoms with Crippen LogP contribution >= 0.6 is 0 Å². The molecule has 0 bridgehead atoms. The van der Waals surface area contributed by atoms with E-state index in [1.807, 2.05) is 0 Å². The number of nitrogens with one attached hydrogen (secondary N) is 1. The van der Waals surface area contributed by atoms with Gasteiger partial charge in [0.2, 0.25) is 6.79 Å². The van der Waals surface area contributed by atoms with Crippen molar-refractivity contribution in [1.82, 2.24) is 0 Å². The van der Waals surface area contributed by atoms with Gasteiger partial charge in [0, 0.05) is 6.20 Å². The van der Waals surface area contributed by atoms with Crippen molar-refractivity contribution in [1.29, 1.82) is 0 Å². The Bertz CT molecular complexity index is 576. The maximum Gasteiger partial charge on any atom is 0.347 e. The quantitative estimate of drug-likeness (QED) is 0.371. The van der Waals surface area contributed by atoms with Gasteiger partial charge in [-0.1, -0.05) is 6.07 Å². The predicted molar refractivity (Wildman–Crippen MR) is 77.5 cm³/mol. The Morgan fingerprint density at radius 3 is 2.50 bits per heavy atom. The number of para-hydroxylation sites is 1. The lowest BCUT2D eigenvalue weighted by molar-refractivity contribution is -0.146. The molecule has 0 aliphatic carbocycles. The molecule has 0 amide bonds. The van der Waals surface area contributed by atoms with Gasteiger partial charge < -0.3 is 24.3 Å². The lowest BCUT2D eigenvalue weighted by atomic mass is 10.2. The lowest BCUT2D eigenvalue weighted by Crippen LogP contribution is -2.19. The van der Waals surface area contributed by atoms with E-state index in [0.717, 1.165) is 0 Å². The van der Waals surface area contributed by atoms with Gasteiger partial charge in [0.1, 0.15) is 0 Å². The molecule has 0 spiro atoms. The Balaban J connectivity index is 2.21. The van der Waals surface area contributed by atoms with Gasteiger partial charge >= 0.3 is 11.9 Å². The molecule has 0 fully saturated rings. The van der Waals surface area contributed by atoms with Crippen molar-refractivity contribution in [2.75, 3.05) is 25.3 Å². The smallest absolute Gasteiger partial charge is 0.347 e. The minimum Gasteiger partial charge on any atom is -0.462 e. The molecule has 0 saturated heterocycles. The van der Waals surface area contributed by atoms with Gasteiger partial charge in [-0.15, -0.1) is 0 Å². The van der Waals surface area contributed by atoms with Crippen LogP contribution in [0, 0.1) is 0 Å². The molecule has 0 saturated carbocycles. The number of carbonyl (C=O) groups is 2. The van der Waals surface area contributed by atoms with Crippen molar-refractivity contribution in [3.05, 3.63) is 30.0 Å². The SMILES string of the molecule is CCOC(=O)C(=CNc1cccc2c1OCO2)C(=O)OCC. The van der Waals surface area contributed by atoms with E-state index < -0.39 is 11.9 Å². The minimum absolute atomic E-state index is 0.125. The monoisotopic (exact) mass is 307 g/mol. The number of esters is 2. The Kier molecular flexibility index (Phi) is 5.24. The maximum atomic E-state index is 11.8. The number of anilines is 1. The molecule has 0 unspecified atom stereocenters. The van der Waals surface area contributed by atoms with Crippen LogP contribution in [0.4, 0.5) is 5.69 Å². The summed E-state index contributed by atoms with van der Waals surface area (Å²) in [4.78, 5) is 23.7. The first kappa shape index (κ1) is 15.7. The number of benzene rings is 1. The fourth-order valence-corrected chi connectivity index (χ4v) is 1.81. The highest BCUT2D eigenvalue weighted by molar-refractivity contribution is 6.14. The van der Waals surface area contributed by atoms with Crippen LogP contribution in [-0.4, -0.2) is 31.9 Å². The largest absolute Gasteiger partial charge is 0.462 e. The zero-order valence-corrected chi connectivity index (χ0v) is 12.4. The third kappa shape index (κ3) is 3.49. The average molecular weight is 307 g/mol. The van der Waals surface area contributed by atoms with E-state index in [0.29, 0.717) is 17.2 Å². The van der Waals surface area contributed by atoms with Crippen molar-refractivity contribution < 1.29 is 28.5 Å². The van der Waals surface area contributed by atoms with E-state index in [4.69, 9.17) is 18.9 Å². The molecular weight excluding hydrogens is 290 g/mol. The second-order valence-electron chi connectivity index (χ2n) is 4.18. The van der Waals surface area contributed by atoms with Crippen LogP contribution in [0.1, 0.15) is 13.8 Å². The highest BCUT2D eigenvalue weighted by atomic mass is 16.7. The first-order valence-corrected chi connectivity index (χ1v) is 6.87. The lowest BCUT2D eigenvalue weighted by Gasteiger charge is -2.09.